The molecule has 6 nitrogen and oxygen atoms in total. The molecule has 0 aliphatic rings. The highest BCUT2D eigenvalue weighted by Crippen LogP contribution is 2.15. The molecule has 2 aromatic heterocycles. The maximum absolute atomic E-state index is 11.2. The average molecular weight is 563 g/mol. The SMILES string of the molecule is Brc1ccc(OCc2ccccc2)cn1.CCOC(=O)CCCc1ccc(OCc2ccccc2)cn1. The molecule has 192 valence electrons. The van der Waals surface area contributed by atoms with Gasteiger partial charge in [-0.25, -0.2) is 4.98 Å². The van der Waals surface area contributed by atoms with Crippen LogP contribution in [0.5, 0.6) is 11.5 Å². The van der Waals surface area contributed by atoms with Crippen molar-refractivity contribution >= 4 is 21.9 Å². The Kier molecular flexibility index (Phi) is 12.1. The maximum atomic E-state index is 11.2. The molecule has 37 heavy (non-hydrogen) atoms. The molecular formula is C30H31BrN2O4. The summed E-state index contributed by atoms with van der Waals surface area (Å²) in [6.07, 6.45) is 5.37. The number of carbonyl (C=O) groups excluding carboxylic acids is 1. The molecule has 0 aliphatic carbocycles. The molecule has 0 saturated heterocycles. The largest absolute Gasteiger partial charge is 0.487 e. The summed E-state index contributed by atoms with van der Waals surface area (Å²) in [5.41, 5.74) is 3.23. The number of nitrogens with zero attached hydrogens (tertiary/aromatic N) is 2. The zero-order chi connectivity index (χ0) is 26.1. The van der Waals surface area contributed by atoms with Crippen LogP contribution in [0.2, 0.25) is 0 Å². The predicted octanol–water partition coefficient (Wildman–Crippen LogP) is 6.97. The second-order valence-corrected chi connectivity index (χ2v) is 8.82. The minimum atomic E-state index is -0.148. The number of ether oxygens (including phenoxy) is 3. The van der Waals surface area contributed by atoms with E-state index in [9.17, 15) is 4.79 Å². The molecule has 0 atom stereocenters. The number of aryl methyl sites for hydroxylation is 1. The third kappa shape index (κ3) is 11.3. The van der Waals surface area contributed by atoms with E-state index in [1.54, 1.807) is 12.4 Å². The van der Waals surface area contributed by atoms with Crippen molar-refractivity contribution in [2.75, 3.05) is 6.61 Å². The van der Waals surface area contributed by atoms with Gasteiger partial charge in [-0.3, -0.25) is 9.78 Å². The Bertz CT molecular complexity index is 1170. The minimum Gasteiger partial charge on any atom is -0.487 e. The van der Waals surface area contributed by atoms with E-state index >= 15 is 0 Å². The van der Waals surface area contributed by atoms with Crippen molar-refractivity contribution in [3.63, 3.8) is 0 Å². The predicted molar refractivity (Wildman–Crippen MR) is 147 cm³/mol. The second-order valence-electron chi connectivity index (χ2n) is 8.01. The smallest absolute Gasteiger partial charge is 0.305 e. The zero-order valence-corrected chi connectivity index (χ0v) is 22.5. The van der Waals surface area contributed by atoms with Gasteiger partial charge in [-0.05, 0) is 71.1 Å². The van der Waals surface area contributed by atoms with Crippen LogP contribution in [0.25, 0.3) is 0 Å². The van der Waals surface area contributed by atoms with E-state index in [1.807, 2.05) is 91.9 Å². The number of aromatic nitrogens is 2. The van der Waals surface area contributed by atoms with Gasteiger partial charge in [0.2, 0.25) is 0 Å². The fourth-order valence-corrected chi connectivity index (χ4v) is 3.46. The summed E-state index contributed by atoms with van der Waals surface area (Å²) in [5.74, 6) is 1.38. The molecule has 2 aromatic carbocycles. The molecule has 4 rings (SSSR count). The van der Waals surface area contributed by atoms with Gasteiger partial charge in [-0.15, -0.1) is 0 Å². The van der Waals surface area contributed by atoms with Crippen LogP contribution in [0.4, 0.5) is 0 Å². The van der Waals surface area contributed by atoms with Crippen molar-refractivity contribution in [3.05, 3.63) is 119 Å². The number of benzene rings is 2. The third-order valence-corrected chi connectivity index (χ3v) is 5.58. The monoisotopic (exact) mass is 562 g/mol. The Labute approximate surface area is 226 Å². The Morgan fingerprint density at radius 2 is 1.32 bits per heavy atom. The lowest BCUT2D eigenvalue weighted by Gasteiger charge is -2.07. The van der Waals surface area contributed by atoms with Crippen molar-refractivity contribution in [2.24, 2.45) is 0 Å². The van der Waals surface area contributed by atoms with E-state index in [0.717, 1.165) is 45.8 Å². The van der Waals surface area contributed by atoms with Gasteiger partial charge < -0.3 is 14.2 Å². The lowest BCUT2D eigenvalue weighted by molar-refractivity contribution is -0.143. The first kappa shape index (κ1) is 27.9. The van der Waals surface area contributed by atoms with Gasteiger partial charge in [0.05, 0.1) is 19.0 Å². The summed E-state index contributed by atoms with van der Waals surface area (Å²) in [6, 6.07) is 27.7. The molecule has 4 aromatic rings. The standard InChI is InChI=1S/C18H21NO3.C12H10BrNO/c1-2-21-18(20)10-6-9-16-11-12-17(13-19-16)22-14-15-7-4-3-5-8-15;13-12-7-6-11(8-14-12)15-9-10-4-2-1-3-5-10/h3-5,7-8,11-13H,2,6,9-10,14H2,1H3;1-8H,9H2. The molecule has 0 aliphatic heterocycles. The number of pyridine rings is 2. The molecular weight excluding hydrogens is 532 g/mol. The van der Waals surface area contributed by atoms with Gasteiger partial charge in [0.25, 0.3) is 0 Å². The van der Waals surface area contributed by atoms with E-state index in [-0.39, 0.29) is 5.97 Å². The minimum absolute atomic E-state index is 0.148. The van der Waals surface area contributed by atoms with Crippen molar-refractivity contribution < 1.29 is 19.0 Å². The van der Waals surface area contributed by atoms with Crippen LogP contribution in [0.3, 0.4) is 0 Å². The topological polar surface area (TPSA) is 70.5 Å². The van der Waals surface area contributed by atoms with Gasteiger partial charge in [0, 0.05) is 12.1 Å². The van der Waals surface area contributed by atoms with Gasteiger partial charge in [-0.1, -0.05) is 60.7 Å². The maximum Gasteiger partial charge on any atom is 0.305 e. The molecule has 0 unspecified atom stereocenters. The van der Waals surface area contributed by atoms with Crippen LogP contribution >= 0.6 is 15.9 Å². The molecule has 7 heteroatoms. The molecule has 0 radical (unpaired) electrons. The van der Waals surface area contributed by atoms with Gasteiger partial charge in [-0.2, -0.15) is 0 Å². The highest BCUT2D eigenvalue weighted by molar-refractivity contribution is 9.10. The van der Waals surface area contributed by atoms with Crippen molar-refractivity contribution in [1.82, 2.24) is 9.97 Å². The normalized spacial score (nSPS) is 10.1. The fraction of sp³-hybridized carbons (Fsp3) is 0.233. The second kappa shape index (κ2) is 16.1. The van der Waals surface area contributed by atoms with Crippen LogP contribution in [-0.2, 0) is 29.2 Å². The Hall–Kier alpha value is -3.71. The molecule has 0 spiro atoms. The van der Waals surface area contributed by atoms with Gasteiger partial charge in [0.15, 0.2) is 0 Å². The van der Waals surface area contributed by atoms with E-state index in [1.165, 1.54) is 0 Å². The van der Waals surface area contributed by atoms with Gasteiger partial charge in [0.1, 0.15) is 29.3 Å². The van der Waals surface area contributed by atoms with Crippen LogP contribution in [0.15, 0.2) is 102 Å². The van der Waals surface area contributed by atoms with Crippen LogP contribution in [0, 0.1) is 0 Å². The number of halogens is 1. The average Bonchev–Trinajstić information content (AvgIpc) is 2.94. The molecule has 0 N–H and O–H groups in total. The zero-order valence-electron chi connectivity index (χ0n) is 20.9. The Morgan fingerprint density at radius 1 is 0.757 bits per heavy atom. The fourth-order valence-electron chi connectivity index (χ4n) is 3.22. The van der Waals surface area contributed by atoms with E-state index in [4.69, 9.17) is 14.2 Å². The number of esters is 1. The van der Waals surface area contributed by atoms with Crippen molar-refractivity contribution in [3.8, 4) is 11.5 Å². The molecule has 2 heterocycles. The summed E-state index contributed by atoms with van der Waals surface area (Å²) in [6.45, 7) is 3.35. The molecule has 0 fully saturated rings. The molecule has 0 amide bonds. The summed E-state index contributed by atoms with van der Waals surface area (Å²) in [7, 11) is 0. The first-order chi connectivity index (χ1) is 18.1. The first-order valence-corrected chi connectivity index (χ1v) is 13.0. The highest BCUT2D eigenvalue weighted by atomic mass is 79.9. The highest BCUT2D eigenvalue weighted by Gasteiger charge is 2.03. The Morgan fingerprint density at radius 3 is 1.81 bits per heavy atom. The summed E-state index contributed by atoms with van der Waals surface area (Å²) < 4.78 is 17.0. The summed E-state index contributed by atoms with van der Waals surface area (Å²) in [4.78, 5) is 19.7. The Balaban J connectivity index is 0.000000220. The quantitative estimate of drug-likeness (QED) is 0.145. The number of hydrogen-bond acceptors (Lipinski definition) is 6. The first-order valence-electron chi connectivity index (χ1n) is 12.2. The van der Waals surface area contributed by atoms with Crippen LogP contribution in [0.1, 0.15) is 36.6 Å². The number of carbonyl (C=O) groups is 1. The third-order valence-electron chi connectivity index (χ3n) is 5.11. The van der Waals surface area contributed by atoms with Crippen molar-refractivity contribution in [2.45, 2.75) is 39.4 Å². The van der Waals surface area contributed by atoms with Crippen molar-refractivity contribution in [1.29, 1.82) is 0 Å². The number of rotatable bonds is 11. The van der Waals surface area contributed by atoms with Crippen LogP contribution < -0.4 is 9.47 Å². The summed E-state index contributed by atoms with van der Waals surface area (Å²) >= 11 is 3.27. The van der Waals surface area contributed by atoms with Crippen LogP contribution in [-0.4, -0.2) is 22.5 Å². The number of hydrogen-bond donors (Lipinski definition) is 0. The lowest BCUT2D eigenvalue weighted by Crippen LogP contribution is -2.04. The lowest BCUT2D eigenvalue weighted by atomic mass is 10.2. The van der Waals surface area contributed by atoms with E-state index in [0.29, 0.717) is 26.2 Å². The molecule has 0 saturated carbocycles. The van der Waals surface area contributed by atoms with E-state index < -0.39 is 0 Å². The van der Waals surface area contributed by atoms with E-state index in [2.05, 4.69) is 25.9 Å². The summed E-state index contributed by atoms with van der Waals surface area (Å²) in [5, 5.41) is 0. The van der Waals surface area contributed by atoms with Gasteiger partial charge >= 0.3 is 5.97 Å². The molecule has 0 bridgehead atoms.